The summed E-state index contributed by atoms with van der Waals surface area (Å²) in [6.07, 6.45) is 0.745. The molecule has 2 N–H and O–H groups in total. The number of aliphatic imine (C=N–C) groups is 1. The number of amides is 1. The van der Waals surface area contributed by atoms with Crippen molar-refractivity contribution in [3.8, 4) is 5.75 Å². The molecule has 1 fully saturated rings. The first-order chi connectivity index (χ1) is 14.4. The molecule has 31 heavy (non-hydrogen) atoms. The van der Waals surface area contributed by atoms with Gasteiger partial charge >= 0.3 is 0 Å². The van der Waals surface area contributed by atoms with Gasteiger partial charge in [-0.3, -0.25) is 9.69 Å². The van der Waals surface area contributed by atoms with Crippen LogP contribution in [-0.4, -0.2) is 94.3 Å². The van der Waals surface area contributed by atoms with Crippen LogP contribution in [0.3, 0.4) is 0 Å². The van der Waals surface area contributed by atoms with Gasteiger partial charge in [0.15, 0.2) is 5.96 Å². The van der Waals surface area contributed by atoms with E-state index >= 15 is 0 Å². The molecule has 8 nitrogen and oxygen atoms in total. The minimum Gasteiger partial charge on any atom is -0.489 e. The third kappa shape index (κ3) is 11.5. The van der Waals surface area contributed by atoms with Gasteiger partial charge in [0.2, 0.25) is 5.91 Å². The highest BCUT2D eigenvalue weighted by Gasteiger charge is 2.11. The van der Waals surface area contributed by atoms with Gasteiger partial charge in [-0.1, -0.05) is 6.07 Å². The average molecular weight is 551 g/mol. The second kappa shape index (κ2) is 15.2. The molecule has 1 amide bonds. The maximum Gasteiger partial charge on any atom is 0.243 e. The van der Waals surface area contributed by atoms with Gasteiger partial charge in [0.05, 0.1) is 19.8 Å². The number of hydrogen-bond donors (Lipinski definition) is 2. The van der Waals surface area contributed by atoms with Crippen LogP contribution < -0.4 is 15.4 Å². The highest BCUT2D eigenvalue weighted by Crippen LogP contribution is 2.13. The fourth-order valence-electron chi connectivity index (χ4n) is 2.85. The number of carbonyl (C=O) groups excluding carboxylic acids is 1. The third-order valence-electron chi connectivity index (χ3n) is 4.61. The van der Waals surface area contributed by atoms with Gasteiger partial charge in [-0.25, -0.2) is 9.38 Å². The number of carbonyl (C=O) groups is 1. The maximum atomic E-state index is 13.3. The molecule has 1 aromatic rings. The molecule has 2 rings (SSSR count). The van der Waals surface area contributed by atoms with E-state index in [4.69, 9.17) is 9.47 Å². The lowest BCUT2D eigenvalue weighted by atomic mass is 10.3. The number of morpholine rings is 1. The number of nitrogens with zero attached hydrogens (tertiary/aromatic N) is 3. The lowest BCUT2D eigenvalue weighted by molar-refractivity contribution is -0.127. The first-order valence-corrected chi connectivity index (χ1v) is 10.4. The molecule has 0 radical (unpaired) electrons. The first-order valence-electron chi connectivity index (χ1n) is 10.4. The van der Waals surface area contributed by atoms with Crippen molar-refractivity contribution in [1.29, 1.82) is 0 Å². The normalized spacial score (nSPS) is 15.5. The van der Waals surface area contributed by atoms with Crippen LogP contribution in [0.1, 0.15) is 13.3 Å². The Morgan fingerprint density at radius 3 is 2.74 bits per heavy atom. The van der Waals surface area contributed by atoms with Crippen molar-refractivity contribution in [1.82, 2.24) is 20.4 Å². The molecule has 0 bridgehead atoms. The van der Waals surface area contributed by atoms with Crippen molar-refractivity contribution in [2.45, 2.75) is 19.4 Å². The predicted molar refractivity (Wildman–Crippen MR) is 131 cm³/mol. The van der Waals surface area contributed by atoms with Crippen molar-refractivity contribution in [3.05, 3.63) is 30.1 Å². The molecule has 0 aliphatic carbocycles. The summed E-state index contributed by atoms with van der Waals surface area (Å²) in [6, 6.07) is 6.06. The molecule has 0 spiro atoms. The Labute approximate surface area is 201 Å². The number of ether oxygens (including phenoxy) is 2. The predicted octanol–water partition coefficient (Wildman–Crippen LogP) is 1.56. The molecule has 1 unspecified atom stereocenters. The summed E-state index contributed by atoms with van der Waals surface area (Å²) >= 11 is 0. The van der Waals surface area contributed by atoms with Crippen LogP contribution in [-0.2, 0) is 9.53 Å². The minimum absolute atomic E-state index is 0. The van der Waals surface area contributed by atoms with Crippen LogP contribution in [0, 0.1) is 5.82 Å². The standard InChI is InChI=1S/C21H34FN5O3.HI/c1-17(30-19-7-4-6-18(22)14-19)15-24-21(25-16-20(28)26(2)3)23-8-5-9-27-10-12-29-13-11-27;/h4,6-7,14,17H,5,8-13,15-16H2,1-3H3,(H2,23,24,25);1H. The zero-order chi connectivity index (χ0) is 21.8. The molecule has 0 aromatic heterocycles. The molecular formula is C21H35FIN5O3. The molecule has 0 saturated carbocycles. The Morgan fingerprint density at radius 1 is 1.32 bits per heavy atom. The number of nitrogens with one attached hydrogen (secondary N) is 2. The minimum atomic E-state index is -0.334. The van der Waals surface area contributed by atoms with Gasteiger partial charge in [-0.2, -0.15) is 0 Å². The lowest BCUT2D eigenvalue weighted by Crippen LogP contribution is -2.44. The van der Waals surface area contributed by atoms with Crippen LogP contribution in [0.25, 0.3) is 0 Å². The van der Waals surface area contributed by atoms with Gasteiger partial charge < -0.3 is 25.0 Å². The van der Waals surface area contributed by atoms with Crippen LogP contribution in [0.2, 0.25) is 0 Å². The quantitative estimate of drug-likeness (QED) is 0.199. The fourth-order valence-corrected chi connectivity index (χ4v) is 2.85. The van der Waals surface area contributed by atoms with Gasteiger partial charge in [0, 0.05) is 39.8 Å². The number of likely N-dealkylation sites (N-methyl/N-ethyl adjacent to an activating group) is 1. The topological polar surface area (TPSA) is 78.4 Å². The van der Waals surface area contributed by atoms with E-state index in [0.717, 1.165) is 45.8 Å². The van der Waals surface area contributed by atoms with Gasteiger partial charge in [0.1, 0.15) is 24.2 Å². The van der Waals surface area contributed by atoms with E-state index in [2.05, 4.69) is 20.5 Å². The molecule has 176 valence electrons. The molecule has 1 saturated heterocycles. The Kier molecular flexibility index (Phi) is 13.4. The van der Waals surface area contributed by atoms with E-state index in [1.807, 2.05) is 6.92 Å². The van der Waals surface area contributed by atoms with Crippen molar-refractivity contribution in [3.63, 3.8) is 0 Å². The molecule has 1 heterocycles. The highest BCUT2D eigenvalue weighted by molar-refractivity contribution is 14.0. The SMILES string of the molecule is CC(CNC(=NCC(=O)N(C)C)NCCCN1CCOCC1)Oc1cccc(F)c1.I. The molecular weight excluding hydrogens is 516 g/mol. The Bertz CT molecular complexity index is 687. The van der Waals surface area contributed by atoms with Crippen molar-refractivity contribution in [2.24, 2.45) is 4.99 Å². The van der Waals surface area contributed by atoms with E-state index in [1.54, 1.807) is 26.2 Å². The van der Waals surface area contributed by atoms with E-state index in [1.165, 1.54) is 17.0 Å². The summed E-state index contributed by atoms with van der Waals surface area (Å²) in [5, 5.41) is 6.48. The van der Waals surface area contributed by atoms with E-state index in [-0.39, 0.29) is 48.3 Å². The van der Waals surface area contributed by atoms with Crippen molar-refractivity contribution in [2.75, 3.05) is 66.6 Å². The zero-order valence-electron chi connectivity index (χ0n) is 18.6. The van der Waals surface area contributed by atoms with E-state index < -0.39 is 0 Å². The van der Waals surface area contributed by atoms with Crippen LogP contribution in [0.4, 0.5) is 4.39 Å². The second-order valence-electron chi connectivity index (χ2n) is 7.45. The van der Waals surface area contributed by atoms with Crippen LogP contribution in [0.5, 0.6) is 5.75 Å². The summed E-state index contributed by atoms with van der Waals surface area (Å²) in [4.78, 5) is 20.1. The molecule has 1 atom stereocenters. The first kappa shape index (κ1) is 27.4. The molecule has 10 heteroatoms. The molecule has 1 aliphatic heterocycles. The second-order valence-corrected chi connectivity index (χ2v) is 7.45. The van der Waals surface area contributed by atoms with Crippen molar-refractivity contribution < 1.29 is 18.7 Å². The monoisotopic (exact) mass is 551 g/mol. The summed E-state index contributed by atoms with van der Waals surface area (Å²) in [7, 11) is 3.41. The Balaban J connectivity index is 0.00000480. The smallest absolute Gasteiger partial charge is 0.243 e. The summed E-state index contributed by atoms with van der Waals surface area (Å²) < 4.78 is 24.4. The molecule has 1 aromatic carbocycles. The summed E-state index contributed by atoms with van der Waals surface area (Å²) in [5.74, 6) is 0.624. The van der Waals surface area contributed by atoms with E-state index in [9.17, 15) is 9.18 Å². The summed E-state index contributed by atoms with van der Waals surface area (Å²) in [6.45, 7) is 7.63. The van der Waals surface area contributed by atoms with Gasteiger partial charge in [-0.15, -0.1) is 24.0 Å². The van der Waals surface area contributed by atoms with Gasteiger partial charge in [-0.05, 0) is 32.0 Å². The van der Waals surface area contributed by atoms with Crippen LogP contribution >= 0.6 is 24.0 Å². The highest BCUT2D eigenvalue weighted by atomic mass is 127. The Morgan fingerprint density at radius 2 is 2.06 bits per heavy atom. The maximum absolute atomic E-state index is 13.3. The fraction of sp³-hybridized carbons (Fsp3) is 0.619. The summed E-state index contributed by atoms with van der Waals surface area (Å²) in [5.41, 5.74) is 0. The molecule has 1 aliphatic rings. The number of guanidine groups is 1. The van der Waals surface area contributed by atoms with Gasteiger partial charge in [0.25, 0.3) is 0 Å². The largest absolute Gasteiger partial charge is 0.489 e. The average Bonchev–Trinajstić information content (AvgIpc) is 2.73. The number of hydrogen-bond acceptors (Lipinski definition) is 5. The zero-order valence-corrected chi connectivity index (χ0v) is 20.9. The number of rotatable bonds is 10. The third-order valence-corrected chi connectivity index (χ3v) is 4.61. The number of benzene rings is 1. The van der Waals surface area contributed by atoms with Crippen molar-refractivity contribution >= 4 is 35.8 Å². The number of halogens is 2. The Hall–Kier alpha value is -1.66. The lowest BCUT2D eigenvalue weighted by Gasteiger charge is -2.26. The van der Waals surface area contributed by atoms with Crippen LogP contribution in [0.15, 0.2) is 29.3 Å². The van der Waals surface area contributed by atoms with E-state index in [0.29, 0.717) is 18.3 Å².